The van der Waals surface area contributed by atoms with Crippen molar-refractivity contribution >= 4 is 16.9 Å². The summed E-state index contributed by atoms with van der Waals surface area (Å²) < 4.78 is 49.1. The number of benzene rings is 2. The molecule has 3 aliphatic rings. The molecule has 2 aromatic carbocycles. The molecule has 254 valence electrons. The first kappa shape index (κ1) is 32.6. The van der Waals surface area contributed by atoms with E-state index in [0.29, 0.717) is 68.8 Å². The standard InChI is InChI=1S/C37H42F3N5O3/c1-2-25-22-45(23-28-19-29(7-8-30(25)28)48-34-9-10-41-36-31(34)20-33(42-36)26-5-6-26)35(47)18-24-3-4-27(32(17-24)37(38,39)40)21-44-13-11-43(12-14-44)15-16-46/h3-4,7-10,17,19-20,25-26,46H,2,5-6,11-16,18,21-23H2,1H3,(H,41,42)/t25-/m0/s1. The molecule has 1 saturated heterocycles. The number of aromatic nitrogens is 2. The van der Waals surface area contributed by atoms with Crippen molar-refractivity contribution < 1.29 is 27.8 Å². The third kappa shape index (κ3) is 7.09. The Balaban J connectivity index is 1.05. The molecule has 7 rings (SSSR count). The number of carbonyl (C=O) groups is 1. The number of aliphatic hydroxyl groups excluding tert-OH is 1. The number of pyridine rings is 1. The maximum Gasteiger partial charge on any atom is 0.416 e. The van der Waals surface area contributed by atoms with Crippen LogP contribution in [-0.4, -0.2) is 81.6 Å². The molecule has 1 atom stereocenters. The van der Waals surface area contributed by atoms with Crippen LogP contribution in [0.3, 0.4) is 0 Å². The van der Waals surface area contributed by atoms with Gasteiger partial charge in [-0.25, -0.2) is 4.98 Å². The van der Waals surface area contributed by atoms with Gasteiger partial charge in [0.2, 0.25) is 5.91 Å². The van der Waals surface area contributed by atoms with E-state index in [1.165, 1.54) is 30.2 Å². The molecule has 1 amide bonds. The minimum absolute atomic E-state index is 0.0712. The average molecular weight is 662 g/mol. The molecule has 1 saturated carbocycles. The van der Waals surface area contributed by atoms with E-state index >= 15 is 0 Å². The zero-order valence-electron chi connectivity index (χ0n) is 27.2. The van der Waals surface area contributed by atoms with Gasteiger partial charge in [0.15, 0.2) is 0 Å². The van der Waals surface area contributed by atoms with Crippen LogP contribution in [-0.2, 0) is 30.5 Å². The van der Waals surface area contributed by atoms with Crippen molar-refractivity contribution in [2.24, 2.45) is 0 Å². The van der Waals surface area contributed by atoms with E-state index in [1.54, 1.807) is 17.2 Å². The summed E-state index contributed by atoms with van der Waals surface area (Å²) in [6, 6.07) is 14.4. The van der Waals surface area contributed by atoms with E-state index in [9.17, 15) is 23.1 Å². The monoisotopic (exact) mass is 661 g/mol. The molecule has 1 aliphatic carbocycles. The summed E-state index contributed by atoms with van der Waals surface area (Å²) in [5.74, 6) is 1.87. The number of aromatic amines is 1. The Morgan fingerprint density at radius 3 is 2.56 bits per heavy atom. The Hall–Kier alpha value is -3.93. The lowest BCUT2D eigenvalue weighted by Crippen LogP contribution is -2.46. The highest BCUT2D eigenvalue weighted by atomic mass is 19.4. The smallest absolute Gasteiger partial charge is 0.416 e. The van der Waals surface area contributed by atoms with E-state index in [1.807, 2.05) is 23.1 Å². The van der Waals surface area contributed by atoms with Crippen molar-refractivity contribution in [2.45, 2.75) is 63.7 Å². The first-order valence-corrected chi connectivity index (χ1v) is 17.0. The first-order chi connectivity index (χ1) is 23.2. The third-order valence-electron chi connectivity index (χ3n) is 10.1. The summed E-state index contributed by atoms with van der Waals surface area (Å²) in [7, 11) is 0. The van der Waals surface area contributed by atoms with E-state index in [2.05, 4.69) is 33.9 Å². The Bertz CT molecular complexity index is 1780. The van der Waals surface area contributed by atoms with Crippen LogP contribution in [0.15, 0.2) is 54.7 Å². The van der Waals surface area contributed by atoms with Gasteiger partial charge in [-0.1, -0.05) is 25.1 Å². The number of halogens is 3. The molecule has 48 heavy (non-hydrogen) atoms. The zero-order chi connectivity index (χ0) is 33.4. The number of nitrogens with one attached hydrogen (secondary N) is 1. The van der Waals surface area contributed by atoms with Crippen LogP contribution in [0.1, 0.15) is 71.5 Å². The Kier molecular flexibility index (Phi) is 9.19. The van der Waals surface area contributed by atoms with Gasteiger partial charge in [0.05, 0.1) is 24.0 Å². The summed E-state index contributed by atoms with van der Waals surface area (Å²) >= 11 is 0. The molecular formula is C37H42F3N5O3. The Morgan fingerprint density at radius 2 is 1.83 bits per heavy atom. The Morgan fingerprint density at radius 1 is 1.04 bits per heavy atom. The van der Waals surface area contributed by atoms with Gasteiger partial charge in [0.1, 0.15) is 17.1 Å². The lowest BCUT2D eigenvalue weighted by molar-refractivity contribution is -0.139. The van der Waals surface area contributed by atoms with Crippen LogP contribution in [0.5, 0.6) is 11.5 Å². The van der Waals surface area contributed by atoms with Crippen LogP contribution >= 0.6 is 0 Å². The maximum atomic E-state index is 14.3. The molecule has 4 heterocycles. The highest BCUT2D eigenvalue weighted by Gasteiger charge is 2.35. The molecule has 2 fully saturated rings. The second-order valence-corrected chi connectivity index (χ2v) is 13.4. The van der Waals surface area contributed by atoms with Gasteiger partial charge in [-0.05, 0) is 77.8 Å². The number of alkyl halides is 3. The predicted octanol–water partition coefficient (Wildman–Crippen LogP) is 6.44. The number of ether oxygens (including phenoxy) is 1. The largest absolute Gasteiger partial charge is 0.457 e. The predicted molar refractivity (Wildman–Crippen MR) is 177 cm³/mol. The third-order valence-corrected chi connectivity index (χ3v) is 10.1. The number of rotatable bonds is 10. The number of β-amino-alcohol motifs (C(OH)–C–C–N with tert-alkyl or cyclic N) is 1. The molecule has 2 aliphatic heterocycles. The van der Waals surface area contributed by atoms with Crippen LogP contribution in [0, 0.1) is 0 Å². The molecule has 4 aromatic rings. The SMILES string of the molecule is CC[C@H]1CN(C(=O)Cc2ccc(CN3CCN(CCO)CC3)c(C(F)(F)F)c2)Cc2cc(Oc3ccnc4[nH]c(C5CC5)cc34)ccc21. The summed E-state index contributed by atoms with van der Waals surface area (Å²) in [6.45, 7) is 6.52. The van der Waals surface area contributed by atoms with Crippen LogP contribution in [0.4, 0.5) is 13.2 Å². The number of fused-ring (bicyclic) bond motifs is 2. The molecule has 0 unspecified atom stereocenters. The number of nitrogens with zero attached hydrogens (tertiary/aromatic N) is 4. The zero-order valence-corrected chi connectivity index (χ0v) is 27.2. The van der Waals surface area contributed by atoms with Gasteiger partial charge in [-0.2, -0.15) is 13.2 Å². The van der Waals surface area contributed by atoms with E-state index in [0.717, 1.165) is 29.1 Å². The number of hydrogen-bond donors (Lipinski definition) is 2. The number of carbonyl (C=O) groups excluding carboxylic acids is 1. The van der Waals surface area contributed by atoms with Gasteiger partial charge in [0.25, 0.3) is 0 Å². The highest BCUT2D eigenvalue weighted by Crippen LogP contribution is 2.42. The number of hydrogen-bond acceptors (Lipinski definition) is 6. The lowest BCUT2D eigenvalue weighted by atomic mass is 9.87. The lowest BCUT2D eigenvalue weighted by Gasteiger charge is -2.35. The quantitative estimate of drug-likeness (QED) is 0.204. The fourth-order valence-corrected chi connectivity index (χ4v) is 7.18. The minimum atomic E-state index is -4.53. The Labute approximate surface area is 278 Å². The topological polar surface area (TPSA) is 84.9 Å². The normalized spacial score (nSPS) is 19.1. The van der Waals surface area contributed by atoms with Crippen LogP contribution in [0.2, 0.25) is 0 Å². The van der Waals surface area contributed by atoms with Crippen LogP contribution < -0.4 is 4.74 Å². The second-order valence-electron chi connectivity index (χ2n) is 13.4. The number of amides is 1. The number of aliphatic hydroxyl groups is 1. The fraction of sp³-hybridized carbons (Fsp3) is 0.459. The maximum absolute atomic E-state index is 14.3. The summed E-state index contributed by atoms with van der Waals surface area (Å²) in [5, 5.41) is 10.1. The molecule has 2 N–H and O–H groups in total. The highest BCUT2D eigenvalue weighted by molar-refractivity contribution is 5.84. The number of piperazine rings is 1. The van der Waals surface area contributed by atoms with Gasteiger partial charge in [-0.3, -0.25) is 14.6 Å². The van der Waals surface area contributed by atoms with Crippen molar-refractivity contribution in [1.82, 2.24) is 24.7 Å². The van der Waals surface area contributed by atoms with E-state index in [-0.39, 0.29) is 37.0 Å². The van der Waals surface area contributed by atoms with Crippen molar-refractivity contribution in [3.8, 4) is 11.5 Å². The van der Waals surface area contributed by atoms with Gasteiger partial charge in [0, 0.05) is 70.2 Å². The molecule has 8 nitrogen and oxygen atoms in total. The molecule has 11 heteroatoms. The fourth-order valence-electron chi connectivity index (χ4n) is 7.18. The van der Waals surface area contributed by atoms with Crippen molar-refractivity contribution in [3.05, 3.63) is 88.2 Å². The summed E-state index contributed by atoms with van der Waals surface area (Å²) in [6.07, 6.45) is 0.298. The second kappa shape index (κ2) is 13.5. The molecule has 2 aromatic heterocycles. The summed E-state index contributed by atoms with van der Waals surface area (Å²) in [4.78, 5) is 27.4. The molecule has 0 bridgehead atoms. The van der Waals surface area contributed by atoms with Gasteiger partial charge < -0.3 is 19.7 Å². The molecular weight excluding hydrogens is 619 g/mol. The van der Waals surface area contributed by atoms with Gasteiger partial charge >= 0.3 is 6.18 Å². The van der Waals surface area contributed by atoms with Crippen molar-refractivity contribution in [3.63, 3.8) is 0 Å². The van der Waals surface area contributed by atoms with E-state index in [4.69, 9.17) is 4.74 Å². The molecule has 0 radical (unpaired) electrons. The van der Waals surface area contributed by atoms with E-state index < -0.39 is 11.7 Å². The first-order valence-electron chi connectivity index (χ1n) is 17.0. The number of H-pyrrole nitrogens is 1. The van der Waals surface area contributed by atoms with Crippen molar-refractivity contribution in [1.29, 1.82) is 0 Å². The van der Waals surface area contributed by atoms with Crippen molar-refractivity contribution in [2.75, 3.05) is 45.9 Å². The molecule has 0 spiro atoms. The van der Waals surface area contributed by atoms with Gasteiger partial charge in [-0.15, -0.1) is 0 Å². The van der Waals surface area contributed by atoms with Crippen LogP contribution in [0.25, 0.3) is 11.0 Å². The average Bonchev–Trinajstić information content (AvgIpc) is 3.83. The minimum Gasteiger partial charge on any atom is -0.457 e. The summed E-state index contributed by atoms with van der Waals surface area (Å²) in [5.41, 5.74) is 4.04.